The minimum Gasteiger partial charge on any atom is -0.494 e. The van der Waals surface area contributed by atoms with E-state index in [9.17, 15) is 14.4 Å². The Balaban J connectivity index is 1.11. The van der Waals surface area contributed by atoms with Crippen LogP contribution in [0.15, 0.2) is 72.8 Å². The molecule has 1 aliphatic rings. The van der Waals surface area contributed by atoms with Gasteiger partial charge in [0.1, 0.15) is 11.5 Å². The molecule has 0 atom stereocenters. The molecule has 186 valence electrons. The predicted octanol–water partition coefficient (Wildman–Crippen LogP) is 4.42. The molecule has 0 unspecified atom stereocenters. The molecule has 8 heteroatoms. The molecule has 2 amide bonds. The van der Waals surface area contributed by atoms with Crippen molar-refractivity contribution in [2.75, 3.05) is 38.7 Å². The van der Waals surface area contributed by atoms with Crippen molar-refractivity contribution in [3.8, 4) is 11.5 Å². The Labute approximate surface area is 209 Å². The van der Waals surface area contributed by atoms with Crippen LogP contribution in [0.3, 0.4) is 0 Å². The zero-order chi connectivity index (χ0) is 25.3. The molecule has 0 spiro atoms. The Bertz CT molecular complexity index is 1170. The maximum atomic E-state index is 12.4. The third-order valence-corrected chi connectivity index (χ3v) is 5.72. The molecule has 1 N–H and O–H groups in total. The minimum atomic E-state index is -0.372. The molecule has 8 nitrogen and oxygen atoms in total. The van der Waals surface area contributed by atoms with Crippen LogP contribution in [0.5, 0.6) is 11.5 Å². The maximum absolute atomic E-state index is 12.4. The van der Waals surface area contributed by atoms with Gasteiger partial charge in [0.25, 0.3) is 11.8 Å². The van der Waals surface area contributed by atoms with E-state index < -0.39 is 0 Å². The second-order valence-electron chi connectivity index (χ2n) is 8.18. The van der Waals surface area contributed by atoms with Crippen LogP contribution < -0.4 is 14.8 Å². The molecule has 0 saturated carbocycles. The van der Waals surface area contributed by atoms with Crippen molar-refractivity contribution in [1.29, 1.82) is 0 Å². The summed E-state index contributed by atoms with van der Waals surface area (Å²) < 4.78 is 16.1. The third-order valence-electron chi connectivity index (χ3n) is 5.72. The zero-order valence-corrected chi connectivity index (χ0v) is 20.1. The monoisotopic (exact) mass is 488 g/mol. The van der Waals surface area contributed by atoms with Crippen LogP contribution in [0.4, 0.5) is 5.69 Å². The van der Waals surface area contributed by atoms with Gasteiger partial charge in [0.15, 0.2) is 0 Å². The van der Waals surface area contributed by atoms with Gasteiger partial charge in [0.05, 0.1) is 37.0 Å². The number of fused-ring (bicyclic) bond motifs is 1. The molecule has 0 fully saturated rings. The van der Waals surface area contributed by atoms with Crippen molar-refractivity contribution in [3.05, 3.63) is 89.5 Å². The molecule has 3 aromatic carbocycles. The van der Waals surface area contributed by atoms with Crippen LogP contribution in [0.2, 0.25) is 0 Å². The highest BCUT2D eigenvalue weighted by atomic mass is 16.5. The van der Waals surface area contributed by atoms with E-state index in [0.717, 1.165) is 24.4 Å². The van der Waals surface area contributed by atoms with Gasteiger partial charge in [0.2, 0.25) is 0 Å². The summed E-state index contributed by atoms with van der Waals surface area (Å²) in [5, 5.41) is 3.33. The number of carbonyl (C=O) groups excluding carboxylic acids is 3. The highest BCUT2D eigenvalue weighted by molar-refractivity contribution is 6.21. The smallest absolute Gasteiger partial charge is 0.337 e. The number of amides is 2. The lowest BCUT2D eigenvalue weighted by Gasteiger charge is -2.14. The van der Waals surface area contributed by atoms with Gasteiger partial charge in [-0.1, -0.05) is 12.1 Å². The number of nitrogens with zero attached hydrogens (tertiary/aromatic N) is 1. The molecule has 36 heavy (non-hydrogen) atoms. The van der Waals surface area contributed by atoms with E-state index in [2.05, 4.69) is 10.1 Å². The van der Waals surface area contributed by atoms with Crippen molar-refractivity contribution in [3.63, 3.8) is 0 Å². The average molecular weight is 489 g/mol. The quantitative estimate of drug-likeness (QED) is 0.229. The van der Waals surface area contributed by atoms with Crippen molar-refractivity contribution < 1.29 is 28.6 Å². The Hall–Kier alpha value is -4.33. The van der Waals surface area contributed by atoms with E-state index in [1.807, 2.05) is 24.3 Å². The highest BCUT2D eigenvalue weighted by Gasteiger charge is 2.34. The number of hydrogen-bond donors (Lipinski definition) is 1. The number of benzene rings is 3. The second kappa shape index (κ2) is 11.9. The predicted molar refractivity (Wildman–Crippen MR) is 135 cm³/mol. The lowest BCUT2D eigenvalue weighted by atomic mass is 10.1. The van der Waals surface area contributed by atoms with E-state index in [1.54, 1.807) is 48.5 Å². The summed E-state index contributed by atoms with van der Waals surface area (Å²) in [6, 6.07) is 21.4. The molecule has 1 heterocycles. The molecule has 4 rings (SSSR count). The minimum absolute atomic E-state index is 0.243. The lowest BCUT2D eigenvalue weighted by molar-refractivity contribution is 0.0598. The Morgan fingerprint density at radius 3 is 1.92 bits per heavy atom. The first-order chi connectivity index (χ1) is 17.6. The van der Waals surface area contributed by atoms with Crippen LogP contribution in [0, 0.1) is 0 Å². The van der Waals surface area contributed by atoms with Gasteiger partial charge >= 0.3 is 5.97 Å². The van der Waals surface area contributed by atoms with Crippen molar-refractivity contribution in [1.82, 2.24) is 4.90 Å². The number of nitrogens with one attached hydrogen (secondary N) is 1. The van der Waals surface area contributed by atoms with Crippen molar-refractivity contribution >= 4 is 23.5 Å². The maximum Gasteiger partial charge on any atom is 0.337 e. The first kappa shape index (κ1) is 24.8. The number of imide groups is 1. The standard InChI is InChI=1S/C28H28N2O6/c1-34-28(33)20-8-12-22(13-9-20)35-18-4-16-29-21-10-14-23(15-11-21)36-19-5-17-30-26(31)24-6-2-3-7-25(24)27(30)32/h2-3,6-15,29H,4-5,16-19H2,1H3. The second-order valence-corrected chi connectivity index (χ2v) is 8.18. The van der Waals surface area contributed by atoms with Gasteiger partial charge in [-0.05, 0) is 73.5 Å². The Kier molecular flexibility index (Phi) is 8.18. The molecular weight excluding hydrogens is 460 g/mol. The van der Waals surface area contributed by atoms with Gasteiger partial charge in [-0.15, -0.1) is 0 Å². The third kappa shape index (κ3) is 6.02. The van der Waals surface area contributed by atoms with Crippen LogP contribution in [-0.4, -0.2) is 56.1 Å². The number of hydrogen-bond acceptors (Lipinski definition) is 7. The van der Waals surface area contributed by atoms with Gasteiger partial charge in [0, 0.05) is 18.8 Å². The van der Waals surface area contributed by atoms with Crippen LogP contribution in [0.25, 0.3) is 0 Å². The fourth-order valence-electron chi connectivity index (χ4n) is 3.82. The molecule has 3 aromatic rings. The Morgan fingerprint density at radius 1 is 0.778 bits per heavy atom. The van der Waals surface area contributed by atoms with Gasteiger partial charge < -0.3 is 19.5 Å². The molecule has 0 saturated heterocycles. The summed E-state index contributed by atoms with van der Waals surface area (Å²) in [6.07, 6.45) is 1.35. The number of anilines is 1. The normalized spacial score (nSPS) is 12.3. The summed E-state index contributed by atoms with van der Waals surface area (Å²) in [5.74, 6) is 0.568. The number of esters is 1. The molecule has 0 aliphatic carbocycles. The summed E-state index contributed by atoms with van der Waals surface area (Å²) in [4.78, 5) is 37.5. The number of rotatable bonds is 12. The van der Waals surface area contributed by atoms with Gasteiger partial charge in [-0.25, -0.2) is 4.79 Å². The van der Waals surface area contributed by atoms with E-state index in [0.29, 0.717) is 48.6 Å². The molecule has 0 aromatic heterocycles. The average Bonchev–Trinajstić information content (AvgIpc) is 3.16. The molecular formula is C28H28N2O6. The van der Waals surface area contributed by atoms with Crippen molar-refractivity contribution in [2.24, 2.45) is 0 Å². The number of methoxy groups -OCH3 is 1. The van der Waals surface area contributed by atoms with Gasteiger partial charge in [-0.3, -0.25) is 14.5 Å². The van der Waals surface area contributed by atoms with E-state index in [1.165, 1.54) is 12.0 Å². The molecule has 0 radical (unpaired) electrons. The fourth-order valence-corrected chi connectivity index (χ4v) is 3.82. The van der Waals surface area contributed by atoms with Crippen LogP contribution >= 0.6 is 0 Å². The summed E-state index contributed by atoms with van der Waals surface area (Å²) in [5.41, 5.74) is 2.39. The highest BCUT2D eigenvalue weighted by Crippen LogP contribution is 2.23. The van der Waals surface area contributed by atoms with Crippen LogP contribution in [-0.2, 0) is 4.74 Å². The topological polar surface area (TPSA) is 94.2 Å². The molecule has 1 aliphatic heterocycles. The van der Waals surface area contributed by atoms with E-state index in [-0.39, 0.29) is 17.8 Å². The fraction of sp³-hybridized carbons (Fsp3) is 0.250. The molecule has 0 bridgehead atoms. The first-order valence-electron chi connectivity index (χ1n) is 11.8. The van der Waals surface area contributed by atoms with Gasteiger partial charge in [-0.2, -0.15) is 0 Å². The SMILES string of the molecule is COC(=O)c1ccc(OCCCNc2ccc(OCCCN3C(=O)c4ccccc4C3=O)cc2)cc1. The van der Waals surface area contributed by atoms with E-state index >= 15 is 0 Å². The zero-order valence-electron chi connectivity index (χ0n) is 20.1. The number of carbonyl (C=O) groups is 3. The Morgan fingerprint density at radius 2 is 1.33 bits per heavy atom. The van der Waals surface area contributed by atoms with E-state index in [4.69, 9.17) is 9.47 Å². The summed E-state index contributed by atoms with van der Waals surface area (Å²) >= 11 is 0. The largest absolute Gasteiger partial charge is 0.494 e. The summed E-state index contributed by atoms with van der Waals surface area (Å²) in [6.45, 7) is 2.00. The lowest BCUT2D eigenvalue weighted by Crippen LogP contribution is -2.31. The van der Waals surface area contributed by atoms with Crippen molar-refractivity contribution in [2.45, 2.75) is 12.8 Å². The summed E-state index contributed by atoms with van der Waals surface area (Å²) in [7, 11) is 1.35. The number of ether oxygens (including phenoxy) is 3. The van der Waals surface area contributed by atoms with Crippen LogP contribution in [0.1, 0.15) is 43.9 Å². The first-order valence-corrected chi connectivity index (χ1v) is 11.8.